The van der Waals surface area contributed by atoms with Crippen molar-refractivity contribution in [3.8, 4) is 11.3 Å². The smallest absolute Gasteiger partial charge is 0.249 e. The van der Waals surface area contributed by atoms with Crippen molar-refractivity contribution in [3.05, 3.63) is 42.2 Å². The monoisotopic (exact) mass is 293 g/mol. The lowest BCUT2D eigenvalue weighted by molar-refractivity contribution is -0.117. The minimum atomic E-state index is 0.00876. The minimum absolute atomic E-state index is 0.00876. The van der Waals surface area contributed by atoms with Crippen LogP contribution in [0.2, 0.25) is 0 Å². The predicted molar refractivity (Wildman–Crippen MR) is 82.3 cm³/mol. The summed E-state index contributed by atoms with van der Waals surface area (Å²) in [6.07, 6.45) is 3.73. The normalized spacial score (nSPS) is 14.2. The van der Waals surface area contributed by atoms with Gasteiger partial charge in [0.25, 0.3) is 0 Å². The van der Waals surface area contributed by atoms with Gasteiger partial charge in [-0.05, 0) is 44.0 Å². The molecule has 1 aliphatic carbocycles. The molecular formula is C16H15N5O. The summed E-state index contributed by atoms with van der Waals surface area (Å²) in [7, 11) is 0. The Labute approximate surface area is 127 Å². The van der Waals surface area contributed by atoms with E-state index in [1.165, 1.54) is 0 Å². The molecule has 22 heavy (non-hydrogen) atoms. The van der Waals surface area contributed by atoms with Gasteiger partial charge >= 0.3 is 0 Å². The molecule has 0 unspecified atom stereocenters. The molecule has 1 fully saturated rings. The summed E-state index contributed by atoms with van der Waals surface area (Å²) in [5.74, 6) is 0.492. The summed E-state index contributed by atoms with van der Waals surface area (Å²) < 4.78 is 1.73. The van der Waals surface area contributed by atoms with Gasteiger partial charge in [0.05, 0.1) is 5.69 Å². The number of pyridine rings is 2. The van der Waals surface area contributed by atoms with Gasteiger partial charge in [0, 0.05) is 23.4 Å². The SMILES string of the molecule is Cc1ccc(-c2cccc3nc(NC(=O)C4CC4)nn23)cn1. The van der Waals surface area contributed by atoms with Crippen LogP contribution in [0.1, 0.15) is 18.5 Å². The van der Waals surface area contributed by atoms with Crippen LogP contribution < -0.4 is 5.32 Å². The zero-order valence-electron chi connectivity index (χ0n) is 12.2. The highest BCUT2D eigenvalue weighted by Crippen LogP contribution is 2.30. The van der Waals surface area contributed by atoms with E-state index in [1.807, 2.05) is 43.5 Å². The fraction of sp³-hybridized carbons (Fsp3) is 0.250. The minimum Gasteiger partial charge on any atom is -0.293 e. The maximum Gasteiger partial charge on any atom is 0.249 e. The first-order valence-corrected chi connectivity index (χ1v) is 7.30. The third-order valence-corrected chi connectivity index (χ3v) is 3.75. The molecule has 0 aromatic carbocycles. The fourth-order valence-corrected chi connectivity index (χ4v) is 2.35. The Morgan fingerprint density at radius 1 is 1.27 bits per heavy atom. The molecule has 4 rings (SSSR count). The summed E-state index contributed by atoms with van der Waals surface area (Å²) in [5.41, 5.74) is 3.52. The third-order valence-electron chi connectivity index (χ3n) is 3.75. The average Bonchev–Trinajstić information content (AvgIpc) is 3.28. The van der Waals surface area contributed by atoms with E-state index in [4.69, 9.17) is 0 Å². The van der Waals surface area contributed by atoms with Crippen LogP contribution >= 0.6 is 0 Å². The molecule has 110 valence electrons. The second-order valence-electron chi connectivity index (χ2n) is 5.57. The number of rotatable bonds is 3. The summed E-state index contributed by atoms with van der Waals surface area (Å²) in [6, 6.07) is 9.71. The van der Waals surface area contributed by atoms with E-state index in [9.17, 15) is 4.79 Å². The summed E-state index contributed by atoms with van der Waals surface area (Å²) in [4.78, 5) is 20.5. The Kier molecular flexibility index (Phi) is 2.89. The molecule has 1 amide bonds. The molecule has 0 saturated heterocycles. The topological polar surface area (TPSA) is 72.2 Å². The molecule has 1 N–H and O–H groups in total. The number of hydrogen-bond acceptors (Lipinski definition) is 4. The molecular weight excluding hydrogens is 278 g/mol. The van der Waals surface area contributed by atoms with E-state index >= 15 is 0 Å². The van der Waals surface area contributed by atoms with Crippen LogP contribution in [0.15, 0.2) is 36.5 Å². The maximum atomic E-state index is 11.8. The van der Waals surface area contributed by atoms with Crippen molar-refractivity contribution in [2.24, 2.45) is 5.92 Å². The Morgan fingerprint density at radius 3 is 2.86 bits per heavy atom. The maximum absolute atomic E-state index is 11.8. The molecule has 6 heteroatoms. The Balaban J connectivity index is 1.74. The van der Waals surface area contributed by atoms with Crippen molar-refractivity contribution in [2.45, 2.75) is 19.8 Å². The molecule has 0 aliphatic heterocycles. The second-order valence-corrected chi connectivity index (χ2v) is 5.57. The number of nitrogens with zero attached hydrogens (tertiary/aromatic N) is 4. The van der Waals surface area contributed by atoms with Gasteiger partial charge in [-0.2, -0.15) is 4.98 Å². The van der Waals surface area contributed by atoms with Crippen LogP contribution in [0.25, 0.3) is 16.9 Å². The molecule has 1 aliphatic rings. The highest BCUT2D eigenvalue weighted by molar-refractivity contribution is 5.92. The summed E-state index contributed by atoms with van der Waals surface area (Å²) in [5, 5.41) is 7.19. The van der Waals surface area contributed by atoms with Gasteiger partial charge in [0.15, 0.2) is 5.65 Å². The molecule has 0 atom stereocenters. The lowest BCUT2D eigenvalue weighted by atomic mass is 10.2. The first-order valence-electron chi connectivity index (χ1n) is 7.30. The molecule has 0 radical (unpaired) electrons. The van der Waals surface area contributed by atoms with E-state index in [0.717, 1.165) is 29.8 Å². The van der Waals surface area contributed by atoms with Gasteiger partial charge in [-0.25, -0.2) is 4.52 Å². The highest BCUT2D eigenvalue weighted by atomic mass is 16.2. The molecule has 3 aromatic rings. The predicted octanol–water partition coefficient (Wildman–Crippen LogP) is 2.45. The van der Waals surface area contributed by atoms with Gasteiger partial charge in [-0.1, -0.05) is 6.07 Å². The molecule has 6 nitrogen and oxygen atoms in total. The van der Waals surface area contributed by atoms with E-state index < -0.39 is 0 Å². The van der Waals surface area contributed by atoms with Crippen LogP contribution in [0.5, 0.6) is 0 Å². The molecule has 3 aromatic heterocycles. The Bertz CT molecular complexity index is 849. The Hall–Kier alpha value is -2.76. The van der Waals surface area contributed by atoms with Crippen molar-refractivity contribution in [1.82, 2.24) is 19.6 Å². The number of fused-ring (bicyclic) bond motifs is 1. The first kappa shape index (κ1) is 12.9. The largest absolute Gasteiger partial charge is 0.293 e. The number of amides is 1. The lowest BCUT2D eigenvalue weighted by Gasteiger charge is -2.03. The zero-order chi connectivity index (χ0) is 15.1. The second kappa shape index (κ2) is 4.91. The van der Waals surface area contributed by atoms with Crippen LogP contribution in [0, 0.1) is 12.8 Å². The number of anilines is 1. The summed E-state index contributed by atoms with van der Waals surface area (Å²) in [6.45, 7) is 1.95. The van der Waals surface area contributed by atoms with E-state index in [-0.39, 0.29) is 11.8 Å². The average molecular weight is 293 g/mol. The van der Waals surface area contributed by atoms with E-state index in [1.54, 1.807) is 4.52 Å². The van der Waals surface area contributed by atoms with Crippen molar-refractivity contribution in [1.29, 1.82) is 0 Å². The molecule has 0 spiro atoms. The van der Waals surface area contributed by atoms with Crippen LogP contribution in [0.3, 0.4) is 0 Å². The van der Waals surface area contributed by atoms with Gasteiger partial charge in [-0.3, -0.25) is 15.1 Å². The lowest BCUT2D eigenvalue weighted by Crippen LogP contribution is -2.14. The number of aryl methyl sites for hydroxylation is 1. The number of nitrogens with one attached hydrogen (secondary N) is 1. The zero-order valence-corrected chi connectivity index (χ0v) is 12.2. The quantitative estimate of drug-likeness (QED) is 0.805. The summed E-state index contributed by atoms with van der Waals surface area (Å²) >= 11 is 0. The van der Waals surface area contributed by atoms with Crippen molar-refractivity contribution < 1.29 is 4.79 Å². The number of carbonyl (C=O) groups excluding carboxylic acids is 1. The standard InChI is InChI=1S/C16H15N5O/c1-10-5-6-12(9-17-10)13-3-2-4-14-18-16(20-21(13)14)19-15(22)11-7-8-11/h2-6,9,11H,7-8H2,1H3,(H,19,20,22). The van der Waals surface area contributed by atoms with Crippen LogP contribution in [0.4, 0.5) is 5.95 Å². The fourth-order valence-electron chi connectivity index (χ4n) is 2.35. The van der Waals surface area contributed by atoms with Crippen LogP contribution in [-0.4, -0.2) is 25.5 Å². The number of hydrogen-bond donors (Lipinski definition) is 1. The van der Waals surface area contributed by atoms with E-state index in [0.29, 0.717) is 11.6 Å². The molecule has 3 heterocycles. The van der Waals surface area contributed by atoms with Crippen molar-refractivity contribution in [2.75, 3.05) is 5.32 Å². The van der Waals surface area contributed by atoms with Crippen LogP contribution in [-0.2, 0) is 4.79 Å². The van der Waals surface area contributed by atoms with Gasteiger partial charge < -0.3 is 0 Å². The highest BCUT2D eigenvalue weighted by Gasteiger charge is 2.30. The van der Waals surface area contributed by atoms with Gasteiger partial charge in [0.2, 0.25) is 11.9 Å². The molecule has 0 bridgehead atoms. The van der Waals surface area contributed by atoms with Gasteiger partial charge in [-0.15, -0.1) is 5.10 Å². The third kappa shape index (κ3) is 2.32. The number of carbonyl (C=O) groups is 1. The Morgan fingerprint density at radius 2 is 2.14 bits per heavy atom. The molecule has 1 saturated carbocycles. The van der Waals surface area contributed by atoms with Crippen molar-refractivity contribution >= 4 is 17.5 Å². The first-order chi connectivity index (χ1) is 10.7. The van der Waals surface area contributed by atoms with Gasteiger partial charge in [0.1, 0.15) is 0 Å². The number of aromatic nitrogens is 4. The van der Waals surface area contributed by atoms with Crippen molar-refractivity contribution in [3.63, 3.8) is 0 Å². The van der Waals surface area contributed by atoms with E-state index in [2.05, 4.69) is 20.4 Å².